The second kappa shape index (κ2) is 3.98. The molecule has 2 rings (SSSR count). The molecule has 6 heteroatoms. The van der Waals surface area contributed by atoms with Gasteiger partial charge in [-0.1, -0.05) is 23.2 Å². The number of rotatable bonds is 2. The predicted octanol–water partition coefficient (Wildman–Crippen LogP) is 2.13. The van der Waals surface area contributed by atoms with Crippen LogP contribution in [0.25, 0.3) is 11.1 Å². The molecule has 80 valence electrons. The maximum Gasteiger partial charge on any atom is 0.214 e. The zero-order valence-electron chi connectivity index (χ0n) is 7.58. The summed E-state index contributed by atoms with van der Waals surface area (Å²) in [6.07, 6.45) is 0. The lowest BCUT2D eigenvalue weighted by Gasteiger charge is -1.99. The van der Waals surface area contributed by atoms with Gasteiger partial charge in [-0.25, -0.2) is 4.98 Å². The SMILES string of the molecule is NC(CO)c1nc2cc(Cl)cc(Cl)c2o1. The fourth-order valence-corrected chi connectivity index (χ4v) is 1.73. The van der Waals surface area contributed by atoms with Gasteiger partial charge in [0.2, 0.25) is 5.89 Å². The van der Waals surface area contributed by atoms with E-state index in [9.17, 15) is 0 Å². The fourth-order valence-electron chi connectivity index (χ4n) is 1.21. The Kier molecular flexibility index (Phi) is 2.84. The van der Waals surface area contributed by atoms with Gasteiger partial charge in [0.25, 0.3) is 0 Å². The molecule has 0 saturated heterocycles. The molecule has 15 heavy (non-hydrogen) atoms. The van der Waals surface area contributed by atoms with Gasteiger partial charge in [-0.2, -0.15) is 0 Å². The Bertz CT molecular complexity index is 498. The highest BCUT2D eigenvalue weighted by Gasteiger charge is 2.15. The minimum atomic E-state index is -0.646. The molecule has 0 saturated carbocycles. The monoisotopic (exact) mass is 246 g/mol. The molecule has 2 aromatic rings. The number of aliphatic hydroxyl groups excluding tert-OH is 1. The maximum absolute atomic E-state index is 8.85. The van der Waals surface area contributed by atoms with Crippen molar-refractivity contribution in [2.45, 2.75) is 6.04 Å². The van der Waals surface area contributed by atoms with Crippen LogP contribution in [0.1, 0.15) is 11.9 Å². The number of benzene rings is 1. The number of aromatic nitrogens is 1. The zero-order chi connectivity index (χ0) is 11.0. The van der Waals surface area contributed by atoms with Gasteiger partial charge in [0.15, 0.2) is 5.58 Å². The first-order valence-electron chi connectivity index (χ1n) is 4.23. The molecule has 4 nitrogen and oxygen atoms in total. The largest absolute Gasteiger partial charge is 0.437 e. The lowest BCUT2D eigenvalue weighted by atomic mass is 10.3. The minimum Gasteiger partial charge on any atom is -0.437 e. The van der Waals surface area contributed by atoms with Crippen LogP contribution in [0.15, 0.2) is 16.5 Å². The van der Waals surface area contributed by atoms with Crippen molar-refractivity contribution in [2.24, 2.45) is 5.73 Å². The van der Waals surface area contributed by atoms with Crippen LogP contribution in [0.5, 0.6) is 0 Å². The van der Waals surface area contributed by atoms with E-state index in [1.54, 1.807) is 12.1 Å². The molecule has 1 aromatic heterocycles. The molecule has 1 unspecified atom stereocenters. The lowest BCUT2D eigenvalue weighted by molar-refractivity contribution is 0.250. The standard InChI is InChI=1S/C9H8Cl2N2O2/c10-4-1-5(11)8-7(2-4)13-9(15-8)6(12)3-14/h1-2,6,14H,3,12H2. The van der Waals surface area contributed by atoms with Crippen molar-refractivity contribution in [3.8, 4) is 0 Å². The fraction of sp³-hybridized carbons (Fsp3) is 0.222. The summed E-state index contributed by atoms with van der Waals surface area (Å²) in [4.78, 5) is 4.08. The van der Waals surface area contributed by atoms with E-state index in [4.69, 9.17) is 38.5 Å². The molecule has 1 heterocycles. The van der Waals surface area contributed by atoms with Crippen LogP contribution < -0.4 is 5.73 Å². The topological polar surface area (TPSA) is 72.3 Å². The highest BCUT2D eigenvalue weighted by Crippen LogP contribution is 2.29. The summed E-state index contributed by atoms with van der Waals surface area (Å²) in [5.41, 5.74) is 6.53. The Morgan fingerprint density at radius 1 is 1.47 bits per heavy atom. The molecule has 1 aromatic carbocycles. The van der Waals surface area contributed by atoms with E-state index in [0.29, 0.717) is 21.1 Å². The van der Waals surface area contributed by atoms with Gasteiger partial charge in [0, 0.05) is 5.02 Å². The van der Waals surface area contributed by atoms with Crippen molar-refractivity contribution in [1.29, 1.82) is 0 Å². The van der Waals surface area contributed by atoms with Crippen LogP contribution in [-0.4, -0.2) is 16.7 Å². The second-order valence-corrected chi connectivity index (χ2v) is 3.92. The van der Waals surface area contributed by atoms with Crippen LogP contribution >= 0.6 is 23.2 Å². The molecule has 0 amide bonds. The first-order valence-corrected chi connectivity index (χ1v) is 4.99. The molecule has 0 bridgehead atoms. The summed E-state index contributed by atoms with van der Waals surface area (Å²) in [5.74, 6) is 0.247. The van der Waals surface area contributed by atoms with E-state index in [0.717, 1.165) is 0 Å². The Morgan fingerprint density at radius 3 is 2.87 bits per heavy atom. The van der Waals surface area contributed by atoms with Gasteiger partial charge in [0.05, 0.1) is 11.6 Å². The molecule has 0 radical (unpaired) electrons. The average Bonchev–Trinajstić information content (AvgIpc) is 2.60. The summed E-state index contributed by atoms with van der Waals surface area (Å²) < 4.78 is 5.32. The van der Waals surface area contributed by atoms with Crippen molar-refractivity contribution in [2.75, 3.05) is 6.61 Å². The van der Waals surface area contributed by atoms with Crippen LogP contribution in [0.4, 0.5) is 0 Å². The number of nitrogens with zero attached hydrogens (tertiary/aromatic N) is 1. The molecule has 3 N–H and O–H groups in total. The van der Waals surface area contributed by atoms with Crippen LogP contribution in [0.2, 0.25) is 10.0 Å². The smallest absolute Gasteiger partial charge is 0.214 e. The number of aliphatic hydroxyl groups is 1. The Morgan fingerprint density at radius 2 is 2.20 bits per heavy atom. The van der Waals surface area contributed by atoms with Crippen LogP contribution in [0.3, 0.4) is 0 Å². The quantitative estimate of drug-likeness (QED) is 0.852. The molecule has 0 fully saturated rings. The van der Waals surface area contributed by atoms with Crippen molar-refractivity contribution in [3.63, 3.8) is 0 Å². The first kappa shape index (κ1) is 10.7. The van der Waals surface area contributed by atoms with E-state index in [1.807, 2.05) is 0 Å². The normalized spacial score (nSPS) is 13.3. The summed E-state index contributed by atoms with van der Waals surface area (Å²) in [7, 11) is 0. The molecular weight excluding hydrogens is 239 g/mol. The molecule has 0 aliphatic carbocycles. The molecule has 0 spiro atoms. The average molecular weight is 247 g/mol. The third-order valence-electron chi connectivity index (χ3n) is 1.94. The van der Waals surface area contributed by atoms with Crippen molar-refractivity contribution in [3.05, 3.63) is 28.1 Å². The third kappa shape index (κ3) is 1.94. The minimum absolute atomic E-state index is 0.238. The number of nitrogens with two attached hydrogens (primary N) is 1. The van der Waals surface area contributed by atoms with E-state index in [1.165, 1.54) is 0 Å². The molecule has 0 aliphatic heterocycles. The molecular formula is C9H8Cl2N2O2. The van der Waals surface area contributed by atoms with Crippen LogP contribution in [-0.2, 0) is 0 Å². The van der Waals surface area contributed by atoms with Gasteiger partial charge in [-0.05, 0) is 12.1 Å². The van der Waals surface area contributed by atoms with Gasteiger partial charge >= 0.3 is 0 Å². The van der Waals surface area contributed by atoms with Gasteiger partial charge in [-0.15, -0.1) is 0 Å². The second-order valence-electron chi connectivity index (χ2n) is 3.08. The van der Waals surface area contributed by atoms with Crippen molar-refractivity contribution < 1.29 is 9.52 Å². The van der Waals surface area contributed by atoms with Gasteiger partial charge in [-0.3, -0.25) is 0 Å². The van der Waals surface area contributed by atoms with E-state index >= 15 is 0 Å². The summed E-state index contributed by atoms with van der Waals surface area (Å²) in [6, 6.07) is 2.54. The summed E-state index contributed by atoms with van der Waals surface area (Å²) in [5, 5.41) is 9.71. The molecule has 1 atom stereocenters. The highest BCUT2D eigenvalue weighted by molar-refractivity contribution is 6.37. The predicted molar refractivity (Wildman–Crippen MR) is 58.0 cm³/mol. The Hall–Kier alpha value is -0.810. The maximum atomic E-state index is 8.85. The van der Waals surface area contributed by atoms with Crippen molar-refractivity contribution in [1.82, 2.24) is 4.98 Å². The number of hydrogen-bond acceptors (Lipinski definition) is 4. The number of fused-ring (bicyclic) bond motifs is 1. The van der Waals surface area contributed by atoms with Gasteiger partial charge in [0.1, 0.15) is 11.6 Å². The Balaban J connectivity index is 2.60. The van der Waals surface area contributed by atoms with E-state index in [2.05, 4.69) is 4.98 Å². The number of oxazole rings is 1. The number of hydrogen-bond donors (Lipinski definition) is 2. The molecule has 0 aliphatic rings. The summed E-state index contributed by atoms with van der Waals surface area (Å²) >= 11 is 11.7. The highest BCUT2D eigenvalue weighted by atomic mass is 35.5. The van der Waals surface area contributed by atoms with E-state index in [-0.39, 0.29) is 12.5 Å². The lowest BCUT2D eigenvalue weighted by Crippen LogP contribution is -2.14. The van der Waals surface area contributed by atoms with Gasteiger partial charge < -0.3 is 15.3 Å². The van der Waals surface area contributed by atoms with E-state index < -0.39 is 6.04 Å². The van der Waals surface area contributed by atoms with Crippen LogP contribution in [0, 0.1) is 0 Å². The summed E-state index contributed by atoms with van der Waals surface area (Å²) in [6.45, 7) is -0.238. The third-order valence-corrected chi connectivity index (χ3v) is 2.44. The first-order chi connectivity index (χ1) is 7.11. The zero-order valence-corrected chi connectivity index (χ0v) is 9.09. The Labute approximate surface area is 95.6 Å². The van der Waals surface area contributed by atoms with Crippen molar-refractivity contribution >= 4 is 34.3 Å². The number of halogens is 2.